The van der Waals surface area contributed by atoms with Crippen molar-refractivity contribution in [3.63, 3.8) is 0 Å². The van der Waals surface area contributed by atoms with Crippen LogP contribution in [-0.2, 0) is 24.2 Å². The van der Waals surface area contributed by atoms with Gasteiger partial charge in [0.25, 0.3) is 0 Å². The molecule has 3 rings (SSSR count). The number of carbonyl (C=O) groups is 1. The van der Waals surface area contributed by atoms with Gasteiger partial charge in [0.05, 0.1) is 28.4 Å². The summed E-state index contributed by atoms with van der Waals surface area (Å²) in [6.45, 7) is 3.07. The zero-order valence-corrected chi connectivity index (χ0v) is 18.8. The number of ether oxygens (including phenoxy) is 4. The maximum absolute atomic E-state index is 12.3. The van der Waals surface area contributed by atoms with Crippen LogP contribution >= 0.6 is 0 Å². The zero-order chi connectivity index (χ0) is 22.2. The van der Waals surface area contributed by atoms with Gasteiger partial charge in [0.2, 0.25) is 5.91 Å². The van der Waals surface area contributed by atoms with Crippen molar-refractivity contribution in [1.29, 1.82) is 0 Å². The number of hydrogen-bond donors (Lipinski definition) is 1. The van der Waals surface area contributed by atoms with Crippen LogP contribution in [0, 0.1) is 0 Å². The van der Waals surface area contributed by atoms with E-state index in [-0.39, 0.29) is 5.91 Å². The average molecular weight is 429 g/mol. The van der Waals surface area contributed by atoms with Gasteiger partial charge in [0.15, 0.2) is 23.0 Å². The Labute approximate surface area is 184 Å². The molecule has 0 saturated heterocycles. The number of benzene rings is 2. The Balaban J connectivity index is 1.44. The van der Waals surface area contributed by atoms with Crippen molar-refractivity contribution in [2.75, 3.05) is 48.1 Å². The van der Waals surface area contributed by atoms with Crippen molar-refractivity contribution in [2.45, 2.75) is 25.8 Å². The van der Waals surface area contributed by atoms with Gasteiger partial charge in [-0.25, -0.2) is 0 Å². The van der Waals surface area contributed by atoms with Crippen LogP contribution in [0.3, 0.4) is 0 Å². The molecule has 0 atom stereocenters. The fourth-order valence-corrected chi connectivity index (χ4v) is 3.86. The first-order chi connectivity index (χ1) is 15.1. The van der Waals surface area contributed by atoms with Crippen LogP contribution in [0.4, 0.5) is 0 Å². The molecule has 0 bridgehead atoms. The van der Waals surface area contributed by atoms with Crippen LogP contribution in [0.2, 0.25) is 0 Å². The molecule has 0 radical (unpaired) electrons. The van der Waals surface area contributed by atoms with Crippen LogP contribution < -0.4 is 24.3 Å². The minimum Gasteiger partial charge on any atom is -0.493 e. The molecule has 1 heterocycles. The first-order valence-electron chi connectivity index (χ1n) is 10.5. The predicted octanol–water partition coefficient (Wildman–Crippen LogP) is 2.83. The Bertz CT molecular complexity index is 900. The molecule has 1 amide bonds. The molecule has 0 unspecified atom stereocenters. The summed E-state index contributed by atoms with van der Waals surface area (Å²) in [7, 11) is 6.54. The zero-order valence-electron chi connectivity index (χ0n) is 18.8. The lowest BCUT2D eigenvalue weighted by atomic mass is 9.98. The van der Waals surface area contributed by atoms with Crippen LogP contribution in [0.25, 0.3) is 0 Å². The standard InChI is InChI=1S/C24H32N2O5/c1-28-20-6-5-17(13-21(20)29-2)7-10-25-24(27)9-12-26-11-8-18-14-22(30-3)23(31-4)15-19(18)16-26/h5-6,13-15H,7-12,16H2,1-4H3,(H,25,27). The molecule has 7 nitrogen and oxygen atoms in total. The van der Waals surface area contributed by atoms with E-state index in [1.807, 2.05) is 24.3 Å². The monoisotopic (exact) mass is 428 g/mol. The van der Waals surface area contributed by atoms with Crippen LogP contribution in [-0.4, -0.2) is 58.9 Å². The molecule has 168 valence electrons. The highest BCUT2D eigenvalue weighted by molar-refractivity contribution is 5.76. The molecule has 7 heteroatoms. The van der Waals surface area contributed by atoms with E-state index in [9.17, 15) is 4.79 Å². The highest BCUT2D eigenvalue weighted by Gasteiger charge is 2.20. The predicted molar refractivity (Wildman–Crippen MR) is 119 cm³/mol. The largest absolute Gasteiger partial charge is 0.493 e. The average Bonchev–Trinajstić information content (AvgIpc) is 2.81. The molecular weight excluding hydrogens is 396 g/mol. The fourth-order valence-electron chi connectivity index (χ4n) is 3.86. The molecule has 2 aromatic rings. The van der Waals surface area contributed by atoms with Crippen LogP contribution in [0.5, 0.6) is 23.0 Å². The van der Waals surface area contributed by atoms with E-state index in [0.717, 1.165) is 49.5 Å². The summed E-state index contributed by atoms with van der Waals surface area (Å²) in [6.07, 6.45) is 2.16. The van der Waals surface area contributed by atoms with E-state index in [4.69, 9.17) is 18.9 Å². The van der Waals surface area contributed by atoms with Crippen LogP contribution in [0.1, 0.15) is 23.1 Å². The van der Waals surface area contributed by atoms with E-state index in [1.54, 1.807) is 28.4 Å². The lowest BCUT2D eigenvalue weighted by molar-refractivity contribution is -0.121. The van der Waals surface area contributed by atoms with Gasteiger partial charge in [-0.15, -0.1) is 0 Å². The van der Waals surface area contributed by atoms with E-state index < -0.39 is 0 Å². The summed E-state index contributed by atoms with van der Waals surface area (Å²) in [6, 6.07) is 9.92. The number of nitrogens with zero attached hydrogens (tertiary/aromatic N) is 1. The minimum atomic E-state index is 0.0681. The first kappa shape index (κ1) is 22.7. The topological polar surface area (TPSA) is 69.3 Å². The normalized spacial score (nSPS) is 13.3. The number of rotatable bonds is 10. The second-order valence-corrected chi connectivity index (χ2v) is 7.54. The second kappa shape index (κ2) is 10.9. The minimum absolute atomic E-state index is 0.0681. The van der Waals surface area contributed by atoms with Crippen molar-refractivity contribution in [3.05, 3.63) is 47.0 Å². The SMILES string of the molecule is COc1ccc(CCNC(=O)CCN2CCc3cc(OC)c(OC)cc3C2)cc1OC. The quantitative estimate of drug-likeness (QED) is 0.628. The van der Waals surface area contributed by atoms with E-state index in [0.29, 0.717) is 24.5 Å². The second-order valence-electron chi connectivity index (χ2n) is 7.54. The van der Waals surface area contributed by atoms with Gasteiger partial charge in [-0.3, -0.25) is 9.69 Å². The molecule has 31 heavy (non-hydrogen) atoms. The van der Waals surface area contributed by atoms with Gasteiger partial charge in [0, 0.05) is 32.6 Å². The van der Waals surface area contributed by atoms with E-state index in [1.165, 1.54) is 11.1 Å². The van der Waals surface area contributed by atoms with E-state index in [2.05, 4.69) is 16.3 Å². The highest BCUT2D eigenvalue weighted by Crippen LogP contribution is 2.33. The number of fused-ring (bicyclic) bond motifs is 1. The number of amides is 1. The van der Waals surface area contributed by atoms with Crippen molar-refractivity contribution >= 4 is 5.91 Å². The summed E-state index contributed by atoms with van der Waals surface area (Å²) >= 11 is 0. The summed E-state index contributed by atoms with van der Waals surface area (Å²) in [4.78, 5) is 14.6. The summed E-state index contributed by atoms with van der Waals surface area (Å²) < 4.78 is 21.4. The third kappa shape index (κ3) is 5.82. The Kier molecular flexibility index (Phi) is 8.00. The summed E-state index contributed by atoms with van der Waals surface area (Å²) in [5.41, 5.74) is 3.61. The lowest BCUT2D eigenvalue weighted by Crippen LogP contribution is -2.35. The summed E-state index contributed by atoms with van der Waals surface area (Å²) in [5.74, 6) is 2.98. The maximum atomic E-state index is 12.3. The number of nitrogens with one attached hydrogen (secondary N) is 1. The van der Waals surface area contributed by atoms with Gasteiger partial charge < -0.3 is 24.3 Å². The van der Waals surface area contributed by atoms with Gasteiger partial charge in [-0.05, 0) is 53.8 Å². The molecular formula is C24H32N2O5. The Hall–Kier alpha value is -2.93. The van der Waals surface area contributed by atoms with Gasteiger partial charge in [0.1, 0.15) is 0 Å². The molecule has 1 aliphatic heterocycles. The molecule has 0 saturated carbocycles. The molecule has 0 aliphatic carbocycles. The Morgan fingerprint density at radius 2 is 1.55 bits per heavy atom. The maximum Gasteiger partial charge on any atom is 0.221 e. The molecule has 0 spiro atoms. The van der Waals surface area contributed by atoms with Crippen molar-refractivity contribution in [2.24, 2.45) is 0 Å². The van der Waals surface area contributed by atoms with Crippen molar-refractivity contribution in [1.82, 2.24) is 10.2 Å². The number of hydrogen-bond acceptors (Lipinski definition) is 6. The van der Waals surface area contributed by atoms with Gasteiger partial charge in [-0.1, -0.05) is 6.07 Å². The molecule has 0 aromatic heterocycles. The molecule has 2 aromatic carbocycles. The van der Waals surface area contributed by atoms with Crippen molar-refractivity contribution < 1.29 is 23.7 Å². The smallest absolute Gasteiger partial charge is 0.221 e. The highest BCUT2D eigenvalue weighted by atomic mass is 16.5. The number of methoxy groups -OCH3 is 4. The third-order valence-corrected chi connectivity index (χ3v) is 5.64. The third-order valence-electron chi connectivity index (χ3n) is 5.64. The molecule has 0 fully saturated rings. The lowest BCUT2D eigenvalue weighted by Gasteiger charge is -2.29. The molecule has 1 N–H and O–H groups in total. The Morgan fingerprint density at radius 1 is 0.903 bits per heavy atom. The van der Waals surface area contributed by atoms with Gasteiger partial charge >= 0.3 is 0 Å². The first-order valence-corrected chi connectivity index (χ1v) is 10.5. The molecule has 1 aliphatic rings. The number of carbonyl (C=O) groups excluding carboxylic acids is 1. The van der Waals surface area contributed by atoms with E-state index >= 15 is 0 Å². The van der Waals surface area contributed by atoms with Crippen molar-refractivity contribution in [3.8, 4) is 23.0 Å². The fraction of sp³-hybridized carbons (Fsp3) is 0.458. The van der Waals surface area contributed by atoms with Crippen LogP contribution in [0.15, 0.2) is 30.3 Å². The summed E-state index contributed by atoms with van der Waals surface area (Å²) in [5, 5.41) is 3.02. The van der Waals surface area contributed by atoms with Gasteiger partial charge in [-0.2, -0.15) is 0 Å². The Morgan fingerprint density at radius 3 is 2.23 bits per heavy atom.